The highest BCUT2D eigenvalue weighted by Gasteiger charge is 2.54. The van der Waals surface area contributed by atoms with Gasteiger partial charge in [-0.05, 0) is 26.0 Å². The topological polar surface area (TPSA) is 61.9 Å². The van der Waals surface area contributed by atoms with Crippen molar-refractivity contribution in [2.45, 2.75) is 38.7 Å². The van der Waals surface area contributed by atoms with Crippen molar-refractivity contribution >= 4 is 17.7 Å². The zero-order valence-corrected chi connectivity index (χ0v) is 13.2. The zero-order valence-electron chi connectivity index (χ0n) is 13.2. The van der Waals surface area contributed by atoms with Gasteiger partial charge >= 0.3 is 18.2 Å². The first-order chi connectivity index (χ1) is 11.2. The van der Waals surface area contributed by atoms with Crippen LogP contribution in [0.2, 0.25) is 0 Å². The highest BCUT2D eigenvalue weighted by Crippen LogP contribution is 2.33. The van der Waals surface area contributed by atoms with Crippen molar-refractivity contribution in [3.63, 3.8) is 0 Å². The lowest BCUT2D eigenvalue weighted by Gasteiger charge is -2.29. The fraction of sp³-hybridized carbons (Fsp3) is 0.467. The Morgan fingerprint density at radius 1 is 1.29 bits per heavy atom. The first-order valence-corrected chi connectivity index (χ1v) is 7.38. The number of halogens is 3. The molecular weight excluding hydrogens is 327 g/mol. The van der Waals surface area contributed by atoms with Crippen LogP contribution in [0.25, 0.3) is 0 Å². The summed E-state index contributed by atoms with van der Waals surface area (Å²) in [5, 5.41) is 0.705. The Kier molecular flexibility index (Phi) is 5.33. The lowest BCUT2D eigenvalue weighted by molar-refractivity contribution is -0.181. The number of carbonyl (C=O) groups is 2. The molecule has 1 saturated heterocycles. The van der Waals surface area contributed by atoms with E-state index >= 15 is 0 Å². The van der Waals surface area contributed by atoms with Crippen LogP contribution in [0.3, 0.4) is 0 Å². The molecular formula is C15H18F3N3O3. The molecule has 2 amide bonds. The van der Waals surface area contributed by atoms with E-state index in [0.29, 0.717) is 9.91 Å². The van der Waals surface area contributed by atoms with Gasteiger partial charge in [0.15, 0.2) is 0 Å². The van der Waals surface area contributed by atoms with Gasteiger partial charge in [0.25, 0.3) is 0 Å². The molecule has 0 saturated carbocycles. The predicted molar refractivity (Wildman–Crippen MR) is 79.8 cm³/mol. The van der Waals surface area contributed by atoms with E-state index in [1.807, 2.05) is 0 Å². The van der Waals surface area contributed by atoms with Crippen LogP contribution >= 0.6 is 0 Å². The molecule has 1 atom stereocenters. The van der Waals surface area contributed by atoms with E-state index in [0.717, 1.165) is 0 Å². The van der Waals surface area contributed by atoms with Crippen LogP contribution in [-0.4, -0.2) is 42.0 Å². The van der Waals surface area contributed by atoms with Crippen LogP contribution in [0.1, 0.15) is 20.3 Å². The highest BCUT2D eigenvalue weighted by atomic mass is 19.4. The molecule has 1 unspecified atom stereocenters. The molecule has 1 aliphatic heterocycles. The van der Waals surface area contributed by atoms with Crippen molar-refractivity contribution in [3.8, 4) is 0 Å². The fourth-order valence-corrected chi connectivity index (χ4v) is 2.37. The van der Waals surface area contributed by atoms with Crippen LogP contribution in [0.4, 0.5) is 23.7 Å². The van der Waals surface area contributed by atoms with Gasteiger partial charge in [0.1, 0.15) is 0 Å². The average molecular weight is 345 g/mol. The smallest absolute Gasteiger partial charge is 0.424 e. The molecule has 2 rings (SSSR count). The van der Waals surface area contributed by atoms with E-state index in [2.05, 4.69) is 5.43 Å². The first-order valence-electron chi connectivity index (χ1n) is 7.38. The second-order valence-corrected chi connectivity index (χ2v) is 5.52. The average Bonchev–Trinajstić information content (AvgIpc) is 2.82. The number of urea groups is 1. The van der Waals surface area contributed by atoms with E-state index in [1.165, 1.54) is 12.1 Å². The van der Waals surface area contributed by atoms with Gasteiger partial charge < -0.3 is 4.74 Å². The Labute approximate surface area is 137 Å². The first kappa shape index (κ1) is 18.1. The Morgan fingerprint density at radius 2 is 1.92 bits per heavy atom. The molecule has 0 aliphatic carbocycles. The number of amides is 2. The molecule has 1 aromatic rings. The fourth-order valence-electron chi connectivity index (χ4n) is 2.37. The summed E-state index contributed by atoms with van der Waals surface area (Å²) in [5.41, 5.74) is 2.28. The van der Waals surface area contributed by atoms with E-state index in [-0.39, 0.29) is 24.8 Å². The summed E-state index contributed by atoms with van der Waals surface area (Å²) < 4.78 is 45.3. The van der Waals surface area contributed by atoms with E-state index in [4.69, 9.17) is 4.74 Å². The Balaban J connectivity index is 2.17. The summed E-state index contributed by atoms with van der Waals surface area (Å²) in [6.07, 6.45) is -7.52. The highest BCUT2D eigenvalue weighted by molar-refractivity contribution is 5.94. The minimum absolute atomic E-state index is 0.115. The van der Waals surface area contributed by atoms with Gasteiger partial charge in [0, 0.05) is 12.2 Å². The van der Waals surface area contributed by atoms with Crippen molar-refractivity contribution in [3.05, 3.63) is 30.3 Å². The molecule has 1 heterocycles. The SMILES string of the molecule is CC(C)OC(=O)CCN1NC(=O)N(c2ccccc2)C1C(F)(F)F. The molecule has 9 heteroatoms. The number of anilines is 1. The van der Waals surface area contributed by atoms with Gasteiger partial charge in [-0.2, -0.15) is 18.2 Å². The molecule has 1 aromatic carbocycles. The van der Waals surface area contributed by atoms with Gasteiger partial charge in [-0.1, -0.05) is 18.2 Å². The lowest BCUT2D eigenvalue weighted by atomic mass is 10.2. The van der Waals surface area contributed by atoms with Crippen LogP contribution in [0, 0.1) is 0 Å². The molecule has 1 fully saturated rings. The monoisotopic (exact) mass is 345 g/mol. The van der Waals surface area contributed by atoms with E-state index in [1.54, 1.807) is 32.0 Å². The summed E-state index contributed by atoms with van der Waals surface area (Å²) in [6.45, 7) is 2.97. The molecule has 6 nitrogen and oxygen atoms in total. The number of nitrogens with one attached hydrogen (secondary N) is 1. The molecule has 1 N–H and O–H groups in total. The maximum absolute atomic E-state index is 13.5. The van der Waals surface area contributed by atoms with E-state index < -0.39 is 24.3 Å². The molecule has 0 bridgehead atoms. The molecule has 0 aromatic heterocycles. The van der Waals surface area contributed by atoms with Gasteiger partial charge in [-0.25, -0.2) is 4.79 Å². The number of hydrogen-bond acceptors (Lipinski definition) is 4. The van der Waals surface area contributed by atoms with Gasteiger partial charge in [-0.15, -0.1) is 0 Å². The van der Waals surface area contributed by atoms with Gasteiger partial charge in [0.2, 0.25) is 6.17 Å². The molecule has 24 heavy (non-hydrogen) atoms. The number of alkyl halides is 3. The molecule has 0 radical (unpaired) electrons. The normalized spacial score (nSPS) is 18.8. The third-order valence-corrected chi connectivity index (χ3v) is 3.25. The molecule has 1 aliphatic rings. The lowest BCUT2D eigenvalue weighted by Crippen LogP contribution is -2.51. The number of hydrogen-bond donors (Lipinski definition) is 1. The third-order valence-electron chi connectivity index (χ3n) is 3.25. The number of para-hydroxylation sites is 1. The summed E-state index contributed by atoms with van der Waals surface area (Å²) in [5.74, 6) is -0.627. The number of benzene rings is 1. The Morgan fingerprint density at radius 3 is 2.46 bits per heavy atom. The van der Waals surface area contributed by atoms with Crippen LogP contribution in [0.15, 0.2) is 30.3 Å². The number of nitrogens with zero attached hydrogens (tertiary/aromatic N) is 2. The van der Waals surface area contributed by atoms with Crippen molar-refractivity contribution in [2.75, 3.05) is 11.4 Å². The van der Waals surface area contributed by atoms with E-state index in [9.17, 15) is 22.8 Å². The molecule has 132 valence electrons. The van der Waals surface area contributed by atoms with Crippen molar-refractivity contribution in [2.24, 2.45) is 0 Å². The number of esters is 1. The summed E-state index contributed by atoms with van der Waals surface area (Å²) in [7, 11) is 0. The Bertz CT molecular complexity index is 593. The van der Waals surface area contributed by atoms with Gasteiger partial charge in [-0.3, -0.25) is 15.1 Å². The maximum Gasteiger partial charge on any atom is 0.424 e. The number of rotatable bonds is 5. The van der Waals surface area contributed by atoms with Crippen molar-refractivity contribution < 1.29 is 27.5 Å². The van der Waals surface area contributed by atoms with Crippen LogP contribution in [0.5, 0.6) is 0 Å². The predicted octanol–water partition coefficient (Wildman–Crippen LogP) is 2.66. The van der Waals surface area contributed by atoms with Crippen LogP contribution < -0.4 is 10.3 Å². The number of carbonyl (C=O) groups excluding carboxylic acids is 2. The summed E-state index contributed by atoms with van der Waals surface area (Å²) in [6, 6.07) is 6.64. The minimum Gasteiger partial charge on any atom is -0.463 e. The van der Waals surface area contributed by atoms with Gasteiger partial charge in [0.05, 0.1) is 12.5 Å². The summed E-state index contributed by atoms with van der Waals surface area (Å²) >= 11 is 0. The Hall–Kier alpha value is -2.29. The summed E-state index contributed by atoms with van der Waals surface area (Å²) in [4.78, 5) is 24.2. The third kappa shape index (κ3) is 4.16. The number of hydrazine groups is 1. The maximum atomic E-state index is 13.5. The second kappa shape index (κ2) is 7.08. The second-order valence-electron chi connectivity index (χ2n) is 5.52. The van der Waals surface area contributed by atoms with Crippen LogP contribution in [-0.2, 0) is 9.53 Å². The van der Waals surface area contributed by atoms with Crippen molar-refractivity contribution in [1.82, 2.24) is 10.4 Å². The molecule has 0 spiro atoms. The quantitative estimate of drug-likeness (QED) is 0.834. The van der Waals surface area contributed by atoms with Crippen molar-refractivity contribution in [1.29, 1.82) is 0 Å². The standard InChI is InChI=1S/C15H18F3N3O3/c1-10(2)24-12(22)8-9-20-13(15(16,17)18)21(14(23)19-20)11-6-4-3-5-7-11/h3-7,10,13H,8-9H2,1-2H3,(H,19,23). The number of ether oxygens (including phenoxy) is 1. The zero-order chi connectivity index (χ0) is 17.9. The largest absolute Gasteiger partial charge is 0.463 e. The minimum atomic E-state index is -4.70.